The minimum Gasteiger partial charge on any atom is -0.454 e. The summed E-state index contributed by atoms with van der Waals surface area (Å²) in [4.78, 5) is 7.67. The van der Waals surface area contributed by atoms with Crippen LogP contribution in [0, 0.1) is 0 Å². The second-order valence-corrected chi connectivity index (χ2v) is 3.61. The second-order valence-electron chi connectivity index (χ2n) is 3.61. The predicted molar refractivity (Wildman–Crippen MR) is 63.5 cm³/mol. The zero-order chi connectivity index (χ0) is 12.5. The van der Waals surface area contributed by atoms with E-state index in [0.717, 1.165) is 0 Å². The largest absolute Gasteiger partial charge is 0.454 e. The Morgan fingerprint density at radius 1 is 1.06 bits per heavy atom. The zero-order valence-corrected chi connectivity index (χ0v) is 9.29. The van der Waals surface area contributed by atoms with E-state index < -0.39 is 0 Å². The lowest BCUT2D eigenvalue weighted by molar-refractivity contribution is 0.174. The average molecular weight is 246 g/mol. The van der Waals surface area contributed by atoms with E-state index in [2.05, 4.69) is 9.97 Å². The van der Waals surface area contributed by atoms with Gasteiger partial charge in [-0.05, 0) is 12.1 Å². The van der Waals surface area contributed by atoms with E-state index >= 15 is 0 Å². The number of hydrogen-bond donors (Lipinski definition) is 2. The Kier molecular flexibility index (Phi) is 2.30. The summed E-state index contributed by atoms with van der Waals surface area (Å²) >= 11 is 0. The lowest BCUT2D eigenvalue weighted by atomic mass is 10.3. The summed E-state index contributed by atoms with van der Waals surface area (Å²) < 4.78 is 16.0. The van der Waals surface area contributed by atoms with Crippen LogP contribution in [0.15, 0.2) is 24.3 Å². The van der Waals surface area contributed by atoms with Gasteiger partial charge >= 0.3 is 0 Å². The van der Waals surface area contributed by atoms with Gasteiger partial charge < -0.3 is 25.7 Å². The lowest BCUT2D eigenvalue weighted by Gasteiger charge is -2.06. The number of hydrogen-bond acceptors (Lipinski definition) is 7. The molecule has 0 aliphatic carbocycles. The average Bonchev–Trinajstić information content (AvgIpc) is 2.74. The number of fused-ring (bicyclic) bond motifs is 1. The van der Waals surface area contributed by atoms with Crippen molar-refractivity contribution < 1.29 is 14.2 Å². The molecular weight excluding hydrogens is 236 g/mol. The summed E-state index contributed by atoms with van der Waals surface area (Å²) in [6.07, 6.45) is 0. The molecule has 0 amide bonds. The third-order valence-electron chi connectivity index (χ3n) is 2.31. The number of nitrogens with two attached hydrogens (primary N) is 2. The minimum atomic E-state index is 0.0609. The molecule has 0 saturated heterocycles. The molecule has 0 spiro atoms. The van der Waals surface area contributed by atoms with E-state index in [0.29, 0.717) is 17.2 Å². The van der Waals surface area contributed by atoms with Crippen LogP contribution in [0.1, 0.15) is 0 Å². The molecule has 0 bridgehead atoms. The molecule has 0 radical (unpaired) electrons. The fourth-order valence-electron chi connectivity index (χ4n) is 1.57. The Balaban J connectivity index is 1.88. The quantitative estimate of drug-likeness (QED) is 0.818. The maximum absolute atomic E-state index is 5.55. The molecule has 0 fully saturated rings. The highest BCUT2D eigenvalue weighted by Crippen LogP contribution is 2.36. The normalized spacial score (nSPS) is 12.4. The van der Waals surface area contributed by atoms with Gasteiger partial charge in [0.05, 0.1) is 0 Å². The Morgan fingerprint density at radius 2 is 1.89 bits per heavy atom. The van der Waals surface area contributed by atoms with Gasteiger partial charge in [-0.3, -0.25) is 0 Å². The molecular formula is C11H10N4O3. The molecule has 0 saturated carbocycles. The van der Waals surface area contributed by atoms with Crippen molar-refractivity contribution in [1.29, 1.82) is 0 Å². The third kappa shape index (κ3) is 1.93. The molecule has 7 nitrogen and oxygen atoms in total. The van der Waals surface area contributed by atoms with E-state index in [-0.39, 0.29) is 24.4 Å². The van der Waals surface area contributed by atoms with E-state index in [9.17, 15) is 0 Å². The lowest BCUT2D eigenvalue weighted by Crippen LogP contribution is -2.00. The van der Waals surface area contributed by atoms with Crippen LogP contribution in [0.4, 0.5) is 11.8 Å². The van der Waals surface area contributed by atoms with E-state index in [1.54, 1.807) is 18.2 Å². The molecule has 18 heavy (non-hydrogen) atoms. The van der Waals surface area contributed by atoms with Gasteiger partial charge in [0, 0.05) is 12.1 Å². The van der Waals surface area contributed by atoms with Gasteiger partial charge in [-0.2, -0.15) is 9.97 Å². The minimum absolute atomic E-state index is 0.0609. The van der Waals surface area contributed by atoms with Crippen LogP contribution in [-0.2, 0) is 0 Å². The Hall–Kier alpha value is -2.70. The van der Waals surface area contributed by atoms with Crippen molar-refractivity contribution in [2.45, 2.75) is 0 Å². The van der Waals surface area contributed by atoms with Gasteiger partial charge in [0.25, 0.3) is 0 Å². The first-order chi connectivity index (χ1) is 8.70. The standard InChI is InChI=1S/C11H10N4O3/c12-9-4-10(15-11(13)14-9)18-6-1-2-7-8(3-6)17-5-16-7/h1-4H,5H2,(H4,12,13,14,15). The Bertz CT molecular complexity index is 583. The Labute approximate surface area is 102 Å². The number of nitrogens with zero attached hydrogens (tertiary/aromatic N) is 2. The first kappa shape index (κ1) is 10.5. The maximum Gasteiger partial charge on any atom is 0.231 e. The SMILES string of the molecule is Nc1cc(Oc2ccc3c(c2)OCO3)nc(N)n1. The van der Waals surface area contributed by atoms with Crippen LogP contribution >= 0.6 is 0 Å². The smallest absolute Gasteiger partial charge is 0.231 e. The highest BCUT2D eigenvalue weighted by Gasteiger charge is 2.14. The fraction of sp³-hybridized carbons (Fsp3) is 0.0909. The van der Waals surface area contributed by atoms with Gasteiger partial charge in [0.1, 0.15) is 11.6 Å². The van der Waals surface area contributed by atoms with Crippen molar-refractivity contribution in [3.8, 4) is 23.1 Å². The van der Waals surface area contributed by atoms with Crippen molar-refractivity contribution in [3.05, 3.63) is 24.3 Å². The van der Waals surface area contributed by atoms with Crippen LogP contribution in [0.5, 0.6) is 23.1 Å². The summed E-state index contributed by atoms with van der Waals surface area (Å²) in [6, 6.07) is 6.69. The molecule has 0 atom stereocenters. The monoisotopic (exact) mass is 246 g/mol. The fourth-order valence-corrected chi connectivity index (χ4v) is 1.57. The number of nitrogen functional groups attached to an aromatic ring is 2. The highest BCUT2D eigenvalue weighted by molar-refractivity contribution is 5.48. The molecule has 1 aromatic carbocycles. The molecule has 3 rings (SSSR count). The molecule has 2 aromatic rings. The maximum atomic E-state index is 5.55. The summed E-state index contributed by atoms with van der Waals surface area (Å²) in [6.45, 7) is 0.214. The van der Waals surface area contributed by atoms with Gasteiger partial charge in [-0.1, -0.05) is 0 Å². The van der Waals surface area contributed by atoms with Gasteiger partial charge in [-0.25, -0.2) is 0 Å². The van der Waals surface area contributed by atoms with Crippen LogP contribution < -0.4 is 25.7 Å². The number of aromatic nitrogens is 2. The molecule has 1 aromatic heterocycles. The van der Waals surface area contributed by atoms with Crippen molar-refractivity contribution in [3.63, 3.8) is 0 Å². The van der Waals surface area contributed by atoms with E-state index in [1.165, 1.54) is 6.07 Å². The van der Waals surface area contributed by atoms with Gasteiger partial charge in [0.2, 0.25) is 18.6 Å². The van der Waals surface area contributed by atoms with Crippen molar-refractivity contribution in [2.75, 3.05) is 18.3 Å². The predicted octanol–water partition coefficient (Wildman–Crippen LogP) is 1.16. The van der Waals surface area contributed by atoms with Crippen LogP contribution in [0.25, 0.3) is 0 Å². The van der Waals surface area contributed by atoms with Crippen molar-refractivity contribution in [2.24, 2.45) is 0 Å². The van der Waals surface area contributed by atoms with Crippen LogP contribution in [0.3, 0.4) is 0 Å². The number of rotatable bonds is 2. The first-order valence-corrected chi connectivity index (χ1v) is 5.18. The number of ether oxygens (including phenoxy) is 3. The summed E-state index contributed by atoms with van der Waals surface area (Å²) in [7, 11) is 0. The molecule has 0 unspecified atom stereocenters. The van der Waals surface area contributed by atoms with Crippen molar-refractivity contribution in [1.82, 2.24) is 9.97 Å². The molecule has 4 N–H and O–H groups in total. The van der Waals surface area contributed by atoms with Gasteiger partial charge in [0.15, 0.2) is 11.5 Å². The third-order valence-corrected chi connectivity index (χ3v) is 2.31. The van der Waals surface area contributed by atoms with Crippen molar-refractivity contribution >= 4 is 11.8 Å². The highest BCUT2D eigenvalue weighted by atomic mass is 16.7. The molecule has 1 aliphatic heterocycles. The molecule has 7 heteroatoms. The number of benzene rings is 1. The topological polar surface area (TPSA) is 106 Å². The van der Waals surface area contributed by atoms with Gasteiger partial charge in [-0.15, -0.1) is 0 Å². The molecule has 92 valence electrons. The second kappa shape index (κ2) is 3.95. The van der Waals surface area contributed by atoms with E-state index in [4.69, 9.17) is 25.7 Å². The summed E-state index contributed by atoms with van der Waals surface area (Å²) in [5.41, 5.74) is 11.0. The van der Waals surface area contributed by atoms with Crippen LogP contribution in [-0.4, -0.2) is 16.8 Å². The summed E-state index contributed by atoms with van der Waals surface area (Å²) in [5.74, 6) is 2.45. The summed E-state index contributed by atoms with van der Waals surface area (Å²) in [5, 5.41) is 0. The number of anilines is 2. The molecule has 2 heterocycles. The van der Waals surface area contributed by atoms with Crippen LogP contribution in [0.2, 0.25) is 0 Å². The molecule has 1 aliphatic rings. The zero-order valence-electron chi connectivity index (χ0n) is 9.29. The Morgan fingerprint density at radius 3 is 2.72 bits per heavy atom. The van der Waals surface area contributed by atoms with E-state index in [1.807, 2.05) is 0 Å². The first-order valence-electron chi connectivity index (χ1n) is 5.18.